The fourth-order valence-corrected chi connectivity index (χ4v) is 1.43. The van der Waals surface area contributed by atoms with Crippen LogP contribution in [0.4, 0.5) is 5.82 Å². The maximum Gasteiger partial charge on any atom is 0.256 e. The van der Waals surface area contributed by atoms with Gasteiger partial charge in [0.1, 0.15) is 11.7 Å². The molecule has 0 atom stereocenters. The van der Waals surface area contributed by atoms with E-state index < -0.39 is 0 Å². The molecule has 1 aromatic heterocycles. The smallest absolute Gasteiger partial charge is 0.256 e. The molecule has 6 heteroatoms. The van der Waals surface area contributed by atoms with Crippen molar-refractivity contribution in [2.45, 2.75) is 0 Å². The number of nitrogens with one attached hydrogen (secondary N) is 2. The number of aromatic nitrogens is 1. The normalized spacial score (nSPS) is 9.26. The first-order chi connectivity index (χ1) is 8.66. The van der Waals surface area contributed by atoms with Gasteiger partial charge in [-0.25, -0.2) is 4.98 Å². The summed E-state index contributed by atoms with van der Waals surface area (Å²) in [6.07, 6.45) is 1.61. The van der Waals surface area contributed by atoms with Gasteiger partial charge in [-0.1, -0.05) is 18.2 Å². The van der Waals surface area contributed by atoms with Crippen LogP contribution in [0.1, 0.15) is 15.9 Å². The average molecular weight is 277 g/mol. The van der Waals surface area contributed by atoms with Crippen LogP contribution in [0.5, 0.6) is 0 Å². The first kappa shape index (κ1) is 14.7. The highest BCUT2D eigenvalue weighted by Crippen LogP contribution is 2.07. The van der Waals surface area contributed by atoms with Gasteiger partial charge in [-0.3, -0.25) is 10.2 Å². The molecule has 0 aliphatic heterocycles. The zero-order valence-corrected chi connectivity index (χ0v) is 10.8. The van der Waals surface area contributed by atoms with Gasteiger partial charge in [-0.05, 0) is 24.3 Å². The zero-order chi connectivity index (χ0) is 13.0. The van der Waals surface area contributed by atoms with Crippen molar-refractivity contribution in [3.63, 3.8) is 0 Å². The Morgan fingerprint density at radius 3 is 2.26 bits per heavy atom. The first-order valence-electron chi connectivity index (χ1n) is 5.33. The second kappa shape index (κ2) is 6.51. The lowest BCUT2D eigenvalue weighted by Gasteiger charge is -2.04. The van der Waals surface area contributed by atoms with Gasteiger partial charge < -0.3 is 11.1 Å². The van der Waals surface area contributed by atoms with E-state index in [1.165, 1.54) is 0 Å². The molecule has 19 heavy (non-hydrogen) atoms. The topological polar surface area (TPSA) is 91.9 Å². The van der Waals surface area contributed by atoms with Crippen molar-refractivity contribution in [2.24, 2.45) is 5.73 Å². The number of nitrogens with two attached hydrogens (primary N) is 1. The SMILES string of the molecule is Cl.N=C(N)c1ccc(C(=O)Nc2ccccn2)cc1. The largest absolute Gasteiger partial charge is 0.384 e. The standard InChI is InChI=1S/C13H12N4O.ClH/c14-12(15)9-4-6-10(7-5-9)13(18)17-11-3-1-2-8-16-11;/h1-8H,(H3,14,15)(H,16,17,18);1H. The monoisotopic (exact) mass is 276 g/mol. The molecule has 0 aliphatic carbocycles. The van der Waals surface area contributed by atoms with Crippen LogP contribution in [0.15, 0.2) is 48.7 Å². The molecule has 0 saturated carbocycles. The van der Waals surface area contributed by atoms with Crippen molar-refractivity contribution in [1.29, 1.82) is 5.41 Å². The number of halogens is 1. The first-order valence-corrected chi connectivity index (χ1v) is 5.33. The Morgan fingerprint density at radius 1 is 1.11 bits per heavy atom. The molecule has 0 fully saturated rings. The van der Waals surface area contributed by atoms with Gasteiger partial charge in [-0.2, -0.15) is 0 Å². The maximum atomic E-state index is 11.9. The Bertz CT molecular complexity index is 569. The Morgan fingerprint density at radius 2 is 1.74 bits per heavy atom. The number of hydrogen-bond donors (Lipinski definition) is 3. The molecular formula is C13H13ClN4O. The number of amidine groups is 1. The summed E-state index contributed by atoms with van der Waals surface area (Å²) in [6, 6.07) is 11.8. The molecule has 0 unspecified atom stereocenters. The van der Waals surface area contributed by atoms with E-state index in [0.29, 0.717) is 16.9 Å². The van der Waals surface area contributed by atoms with E-state index in [9.17, 15) is 4.79 Å². The molecular weight excluding hydrogens is 264 g/mol. The van der Waals surface area contributed by atoms with Crippen molar-refractivity contribution in [1.82, 2.24) is 4.98 Å². The van der Waals surface area contributed by atoms with E-state index in [4.69, 9.17) is 11.1 Å². The van der Waals surface area contributed by atoms with Crippen LogP contribution in [0, 0.1) is 5.41 Å². The van der Waals surface area contributed by atoms with Crippen molar-refractivity contribution >= 4 is 30.0 Å². The minimum absolute atomic E-state index is 0. The van der Waals surface area contributed by atoms with E-state index in [0.717, 1.165) is 0 Å². The van der Waals surface area contributed by atoms with E-state index in [-0.39, 0.29) is 24.1 Å². The van der Waals surface area contributed by atoms with Gasteiger partial charge in [0.25, 0.3) is 5.91 Å². The van der Waals surface area contributed by atoms with E-state index in [1.807, 2.05) is 0 Å². The van der Waals surface area contributed by atoms with Crippen LogP contribution in [0.2, 0.25) is 0 Å². The number of rotatable bonds is 3. The Labute approximate surface area is 116 Å². The summed E-state index contributed by atoms with van der Waals surface area (Å²) in [7, 11) is 0. The summed E-state index contributed by atoms with van der Waals surface area (Å²) in [5.41, 5.74) is 6.41. The Kier molecular flexibility index (Phi) is 5.02. The number of hydrogen-bond acceptors (Lipinski definition) is 3. The number of pyridine rings is 1. The predicted molar refractivity (Wildman–Crippen MR) is 76.9 cm³/mol. The lowest BCUT2D eigenvalue weighted by Crippen LogP contribution is -2.14. The minimum Gasteiger partial charge on any atom is -0.384 e. The van der Waals surface area contributed by atoms with Gasteiger partial charge in [0, 0.05) is 17.3 Å². The van der Waals surface area contributed by atoms with E-state index in [2.05, 4.69) is 10.3 Å². The molecule has 2 aromatic rings. The summed E-state index contributed by atoms with van der Waals surface area (Å²) in [5.74, 6) is 0.230. The van der Waals surface area contributed by atoms with Crippen LogP contribution < -0.4 is 11.1 Å². The number of nitrogens with zero attached hydrogens (tertiary/aromatic N) is 1. The van der Waals surface area contributed by atoms with Crippen molar-refractivity contribution in [2.75, 3.05) is 5.32 Å². The number of amides is 1. The maximum absolute atomic E-state index is 11.9. The van der Waals surface area contributed by atoms with Gasteiger partial charge >= 0.3 is 0 Å². The van der Waals surface area contributed by atoms with E-state index in [1.54, 1.807) is 48.7 Å². The van der Waals surface area contributed by atoms with Crippen LogP contribution >= 0.6 is 12.4 Å². The lowest BCUT2D eigenvalue weighted by molar-refractivity contribution is 0.102. The van der Waals surface area contributed by atoms with E-state index >= 15 is 0 Å². The molecule has 0 saturated heterocycles. The summed E-state index contributed by atoms with van der Waals surface area (Å²) >= 11 is 0. The van der Waals surface area contributed by atoms with Gasteiger partial charge in [-0.15, -0.1) is 12.4 Å². The van der Waals surface area contributed by atoms with Gasteiger partial charge in [0.15, 0.2) is 0 Å². The van der Waals surface area contributed by atoms with Crippen LogP contribution in [0.25, 0.3) is 0 Å². The third-order valence-electron chi connectivity index (χ3n) is 2.36. The highest BCUT2D eigenvalue weighted by Gasteiger charge is 2.06. The van der Waals surface area contributed by atoms with Gasteiger partial charge in [0.05, 0.1) is 0 Å². The molecule has 4 N–H and O–H groups in total. The number of carbonyl (C=O) groups is 1. The molecule has 5 nitrogen and oxygen atoms in total. The number of anilines is 1. The predicted octanol–water partition coefficient (Wildman–Crippen LogP) is 2.04. The summed E-state index contributed by atoms with van der Waals surface area (Å²) < 4.78 is 0. The number of benzene rings is 1. The summed E-state index contributed by atoms with van der Waals surface area (Å²) in [6.45, 7) is 0. The minimum atomic E-state index is -0.246. The van der Waals surface area contributed by atoms with Crippen molar-refractivity contribution < 1.29 is 4.79 Å². The Hall–Kier alpha value is -2.40. The molecule has 0 radical (unpaired) electrons. The molecule has 0 aliphatic rings. The zero-order valence-electron chi connectivity index (χ0n) is 9.96. The molecule has 0 bridgehead atoms. The lowest BCUT2D eigenvalue weighted by atomic mass is 10.1. The molecule has 0 spiro atoms. The number of carbonyl (C=O) groups excluding carboxylic acids is 1. The molecule has 98 valence electrons. The van der Waals surface area contributed by atoms with Crippen molar-refractivity contribution in [3.05, 3.63) is 59.8 Å². The Balaban J connectivity index is 0.00000180. The quantitative estimate of drug-likeness (QED) is 0.592. The third kappa shape index (κ3) is 3.79. The highest BCUT2D eigenvalue weighted by atomic mass is 35.5. The molecule has 2 rings (SSSR count). The summed E-state index contributed by atoms with van der Waals surface area (Å²) in [4.78, 5) is 15.9. The fourth-order valence-electron chi connectivity index (χ4n) is 1.43. The van der Waals surface area contributed by atoms with Crippen LogP contribution in [0.3, 0.4) is 0 Å². The molecule has 1 aromatic carbocycles. The second-order valence-electron chi connectivity index (χ2n) is 3.66. The molecule has 1 heterocycles. The number of nitrogen functional groups attached to an aromatic ring is 1. The average Bonchev–Trinajstić information content (AvgIpc) is 2.40. The third-order valence-corrected chi connectivity index (χ3v) is 2.36. The summed E-state index contributed by atoms with van der Waals surface area (Å²) in [5, 5.41) is 9.93. The van der Waals surface area contributed by atoms with Crippen LogP contribution in [-0.4, -0.2) is 16.7 Å². The second-order valence-corrected chi connectivity index (χ2v) is 3.66. The van der Waals surface area contributed by atoms with Crippen molar-refractivity contribution in [3.8, 4) is 0 Å². The van der Waals surface area contributed by atoms with Gasteiger partial charge in [0.2, 0.25) is 0 Å². The molecule has 1 amide bonds. The van der Waals surface area contributed by atoms with Crippen LogP contribution in [-0.2, 0) is 0 Å². The highest BCUT2D eigenvalue weighted by molar-refractivity contribution is 6.04. The fraction of sp³-hybridized carbons (Fsp3) is 0.